The van der Waals surface area contributed by atoms with Gasteiger partial charge in [-0.3, -0.25) is 0 Å². The van der Waals surface area contributed by atoms with Gasteiger partial charge in [0.25, 0.3) is 0 Å². The Morgan fingerprint density at radius 3 is 2.85 bits per heavy atom. The van der Waals surface area contributed by atoms with Gasteiger partial charge in [-0.15, -0.1) is 0 Å². The van der Waals surface area contributed by atoms with Crippen LogP contribution < -0.4 is 5.73 Å². The van der Waals surface area contributed by atoms with Crippen LogP contribution in [-0.2, 0) is 0 Å². The Hall–Kier alpha value is -1.28. The molecule has 0 radical (unpaired) electrons. The highest BCUT2D eigenvalue weighted by Gasteiger charge is 2.32. The van der Waals surface area contributed by atoms with Gasteiger partial charge in [-0.2, -0.15) is 0 Å². The Bertz CT molecular complexity index is 526. The first-order valence-corrected chi connectivity index (χ1v) is 8.00. The zero-order valence-electron chi connectivity index (χ0n) is 12.3. The number of hydrogen-bond donors (Lipinski definition) is 1. The molecule has 2 nitrogen and oxygen atoms in total. The Morgan fingerprint density at radius 2 is 2.10 bits per heavy atom. The summed E-state index contributed by atoms with van der Waals surface area (Å²) in [6.45, 7) is 3.06. The molecule has 1 heterocycles. The maximum absolute atomic E-state index is 6.11. The second-order valence-electron chi connectivity index (χ2n) is 6.26. The van der Waals surface area contributed by atoms with Crippen LogP contribution in [0.25, 0.3) is 11.0 Å². The molecule has 1 aliphatic rings. The average Bonchev–Trinajstić information content (AvgIpc) is 2.91. The highest BCUT2D eigenvalue weighted by Crippen LogP contribution is 2.43. The minimum absolute atomic E-state index is 0.512. The van der Waals surface area contributed by atoms with Crippen molar-refractivity contribution < 1.29 is 4.42 Å². The van der Waals surface area contributed by atoms with Gasteiger partial charge in [-0.25, -0.2) is 0 Å². The third-order valence-electron chi connectivity index (χ3n) is 4.91. The molecule has 1 saturated carbocycles. The van der Waals surface area contributed by atoms with Crippen LogP contribution in [0.2, 0.25) is 0 Å². The SMILES string of the molecule is CCCC1CCC(CN)C(c2cc3ccccc3o2)C1. The lowest BCUT2D eigenvalue weighted by atomic mass is 9.72. The summed E-state index contributed by atoms with van der Waals surface area (Å²) >= 11 is 0. The summed E-state index contributed by atoms with van der Waals surface area (Å²) in [5, 5.41) is 1.22. The van der Waals surface area contributed by atoms with Gasteiger partial charge in [-0.1, -0.05) is 44.4 Å². The summed E-state index contributed by atoms with van der Waals surface area (Å²) < 4.78 is 6.11. The molecule has 0 spiro atoms. The number of furan rings is 1. The number of hydrogen-bond acceptors (Lipinski definition) is 2. The number of fused-ring (bicyclic) bond motifs is 1. The van der Waals surface area contributed by atoms with Crippen molar-refractivity contribution in [3.8, 4) is 0 Å². The van der Waals surface area contributed by atoms with Gasteiger partial charge < -0.3 is 10.2 Å². The van der Waals surface area contributed by atoms with Crippen molar-refractivity contribution in [2.45, 2.75) is 44.9 Å². The predicted octanol–water partition coefficient (Wildman–Crippen LogP) is 4.69. The fourth-order valence-electron chi connectivity index (χ4n) is 3.81. The third-order valence-corrected chi connectivity index (χ3v) is 4.91. The van der Waals surface area contributed by atoms with Crippen molar-refractivity contribution in [3.63, 3.8) is 0 Å². The number of para-hydroxylation sites is 1. The molecule has 1 fully saturated rings. The van der Waals surface area contributed by atoms with Crippen LogP contribution in [0.3, 0.4) is 0 Å². The third kappa shape index (κ3) is 2.62. The highest BCUT2D eigenvalue weighted by molar-refractivity contribution is 5.77. The molecular weight excluding hydrogens is 246 g/mol. The first kappa shape index (κ1) is 13.7. The van der Waals surface area contributed by atoms with Crippen LogP contribution in [0.1, 0.15) is 50.7 Å². The molecule has 20 heavy (non-hydrogen) atoms. The fourth-order valence-corrected chi connectivity index (χ4v) is 3.81. The van der Waals surface area contributed by atoms with E-state index in [4.69, 9.17) is 10.2 Å². The molecule has 0 bridgehead atoms. The molecule has 1 aliphatic carbocycles. The summed E-state index contributed by atoms with van der Waals surface area (Å²) in [6.07, 6.45) is 6.46. The van der Waals surface area contributed by atoms with Crippen LogP contribution >= 0.6 is 0 Å². The van der Waals surface area contributed by atoms with Crippen molar-refractivity contribution >= 4 is 11.0 Å². The molecule has 3 atom stereocenters. The smallest absolute Gasteiger partial charge is 0.134 e. The second kappa shape index (κ2) is 6.01. The molecule has 0 saturated heterocycles. The number of benzene rings is 1. The van der Waals surface area contributed by atoms with Gasteiger partial charge in [0.05, 0.1) is 0 Å². The highest BCUT2D eigenvalue weighted by atomic mass is 16.3. The van der Waals surface area contributed by atoms with Gasteiger partial charge in [0, 0.05) is 11.3 Å². The lowest BCUT2D eigenvalue weighted by Crippen LogP contribution is -2.28. The van der Waals surface area contributed by atoms with Crippen molar-refractivity contribution in [3.05, 3.63) is 36.1 Å². The first-order valence-electron chi connectivity index (χ1n) is 8.00. The van der Waals surface area contributed by atoms with E-state index >= 15 is 0 Å². The molecule has 2 heteroatoms. The van der Waals surface area contributed by atoms with Gasteiger partial charge in [0.15, 0.2) is 0 Å². The Balaban J connectivity index is 1.87. The molecule has 2 N–H and O–H groups in total. The molecule has 3 rings (SSSR count). The van der Waals surface area contributed by atoms with E-state index in [2.05, 4.69) is 31.2 Å². The summed E-state index contributed by atoms with van der Waals surface area (Å²) in [5.41, 5.74) is 7.01. The van der Waals surface area contributed by atoms with E-state index in [-0.39, 0.29) is 0 Å². The van der Waals surface area contributed by atoms with Crippen LogP contribution in [0.5, 0.6) is 0 Å². The van der Waals surface area contributed by atoms with Crippen LogP contribution in [-0.4, -0.2) is 6.54 Å². The molecule has 0 amide bonds. The standard InChI is InChI=1S/C18H25NO/c1-2-5-13-8-9-15(12-19)16(10-13)18-11-14-6-3-4-7-17(14)20-18/h3-4,6-7,11,13,15-16H,2,5,8-10,12,19H2,1H3. The largest absolute Gasteiger partial charge is 0.461 e. The topological polar surface area (TPSA) is 39.2 Å². The summed E-state index contributed by atoms with van der Waals surface area (Å²) in [7, 11) is 0. The van der Waals surface area contributed by atoms with Crippen molar-refractivity contribution in [1.82, 2.24) is 0 Å². The van der Waals surface area contributed by atoms with Crippen molar-refractivity contribution in [1.29, 1.82) is 0 Å². The van der Waals surface area contributed by atoms with Crippen molar-refractivity contribution in [2.24, 2.45) is 17.6 Å². The normalized spacial score (nSPS) is 27.0. The zero-order valence-corrected chi connectivity index (χ0v) is 12.3. The minimum atomic E-state index is 0.512. The molecule has 0 aliphatic heterocycles. The van der Waals surface area contributed by atoms with Crippen molar-refractivity contribution in [2.75, 3.05) is 6.54 Å². The van der Waals surface area contributed by atoms with E-state index in [0.29, 0.717) is 11.8 Å². The second-order valence-corrected chi connectivity index (χ2v) is 6.26. The average molecular weight is 271 g/mol. The lowest BCUT2D eigenvalue weighted by molar-refractivity contribution is 0.211. The van der Waals surface area contributed by atoms with Gasteiger partial charge in [0.2, 0.25) is 0 Å². The summed E-state index contributed by atoms with van der Waals surface area (Å²) in [6, 6.07) is 10.5. The summed E-state index contributed by atoms with van der Waals surface area (Å²) in [5.74, 6) is 3.10. The monoisotopic (exact) mass is 271 g/mol. The molecule has 1 aromatic carbocycles. The molecular formula is C18H25NO. The lowest BCUT2D eigenvalue weighted by Gasteiger charge is -2.34. The Kier molecular flexibility index (Phi) is 4.11. The quantitative estimate of drug-likeness (QED) is 0.876. The molecule has 2 aromatic rings. The van der Waals surface area contributed by atoms with Crippen LogP contribution in [0.4, 0.5) is 0 Å². The van der Waals surface area contributed by atoms with E-state index in [0.717, 1.165) is 23.8 Å². The van der Waals surface area contributed by atoms with Crippen LogP contribution in [0, 0.1) is 11.8 Å². The predicted molar refractivity (Wildman–Crippen MR) is 83.7 cm³/mol. The van der Waals surface area contributed by atoms with Crippen LogP contribution in [0.15, 0.2) is 34.7 Å². The van der Waals surface area contributed by atoms with Gasteiger partial charge >= 0.3 is 0 Å². The van der Waals surface area contributed by atoms with Gasteiger partial charge in [0.1, 0.15) is 11.3 Å². The molecule has 3 unspecified atom stereocenters. The molecule has 1 aromatic heterocycles. The van der Waals surface area contributed by atoms with E-state index in [1.54, 1.807) is 0 Å². The van der Waals surface area contributed by atoms with E-state index in [1.807, 2.05) is 6.07 Å². The van der Waals surface area contributed by atoms with Gasteiger partial charge in [-0.05, 0) is 43.4 Å². The maximum Gasteiger partial charge on any atom is 0.134 e. The maximum atomic E-state index is 6.11. The number of rotatable bonds is 4. The molecule has 108 valence electrons. The van der Waals surface area contributed by atoms with E-state index < -0.39 is 0 Å². The van der Waals surface area contributed by atoms with E-state index in [1.165, 1.54) is 37.5 Å². The first-order chi connectivity index (χ1) is 9.81. The Morgan fingerprint density at radius 1 is 1.25 bits per heavy atom. The van der Waals surface area contributed by atoms with E-state index in [9.17, 15) is 0 Å². The Labute approximate surface area is 121 Å². The zero-order chi connectivity index (χ0) is 13.9. The minimum Gasteiger partial charge on any atom is -0.461 e. The fraction of sp³-hybridized carbons (Fsp3) is 0.556. The summed E-state index contributed by atoms with van der Waals surface area (Å²) in [4.78, 5) is 0. The number of nitrogens with two attached hydrogens (primary N) is 1.